The maximum atomic E-state index is 11.7. The normalized spacial score (nSPS) is 12.6. The van der Waals surface area contributed by atoms with E-state index in [1.165, 1.54) is 0 Å². The molecular formula is C8H12ClN3OS. The number of carbonyl (C=O) groups excluding carboxylic acids is 1. The van der Waals surface area contributed by atoms with E-state index in [0.717, 1.165) is 17.8 Å². The monoisotopic (exact) mass is 233 g/mol. The van der Waals surface area contributed by atoms with Gasteiger partial charge in [-0.3, -0.25) is 4.79 Å². The van der Waals surface area contributed by atoms with Gasteiger partial charge in [-0.1, -0.05) is 18.3 Å². The summed E-state index contributed by atoms with van der Waals surface area (Å²) in [6.45, 7) is 4.02. The van der Waals surface area contributed by atoms with Crippen molar-refractivity contribution in [2.24, 2.45) is 0 Å². The van der Waals surface area contributed by atoms with Crippen molar-refractivity contribution in [1.82, 2.24) is 15.1 Å². The Labute approximate surface area is 91.9 Å². The van der Waals surface area contributed by atoms with Crippen LogP contribution in [0.15, 0.2) is 0 Å². The molecule has 0 aromatic carbocycles. The van der Waals surface area contributed by atoms with E-state index in [9.17, 15) is 4.79 Å². The lowest BCUT2D eigenvalue weighted by Crippen LogP contribution is -2.34. The van der Waals surface area contributed by atoms with E-state index in [0.29, 0.717) is 9.47 Å². The van der Waals surface area contributed by atoms with E-state index in [1.54, 1.807) is 11.9 Å². The van der Waals surface area contributed by atoms with E-state index in [4.69, 9.17) is 11.6 Å². The van der Waals surface area contributed by atoms with Crippen molar-refractivity contribution in [1.29, 1.82) is 0 Å². The number of carbonyl (C=O) groups is 1. The second kappa shape index (κ2) is 4.70. The number of rotatable bonds is 3. The van der Waals surface area contributed by atoms with Crippen molar-refractivity contribution in [2.45, 2.75) is 26.3 Å². The Hall–Kier alpha value is -0.680. The summed E-state index contributed by atoms with van der Waals surface area (Å²) in [5, 5.41) is 7.64. The summed E-state index contributed by atoms with van der Waals surface area (Å²) in [6.07, 6.45) is 0.911. The number of nitrogens with zero attached hydrogens (tertiary/aromatic N) is 3. The first-order chi connectivity index (χ1) is 6.56. The molecule has 0 aliphatic heterocycles. The first-order valence-electron chi connectivity index (χ1n) is 4.32. The fraction of sp³-hybridized carbons (Fsp3) is 0.625. The smallest absolute Gasteiger partial charge is 0.284 e. The molecule has 14 heavy (non-hydrogen) atoms. The Kier molecular flexibility index (Phi) is 3.83. The van der Waals surface area contributed by atoms with Crippen LogP contribution in [0, 0.1) is 0 Å². The SMILES string of the molecule is CCC(C)N(C)C(=O)c1nnc(Cl)s1. The number of hydrogen-bond acceptors (Lipinski definition) is 4. The predicted molar refractivity (Wildman–Crippen MR) is 56.8 cm³/mol. The van der Waals surface area contributed by atoms with Gasteiger partial charge in [-0.2, -0.15) is 0 Å². The standard InChI is InChI=1S/C8H12ClN3OS/c1-4-5(2)12(3)7(13)6-10-11-8(9)14-6/h5H,4H2,1-3H3. The fourth-order valence-corrected chi connectivity index (χ4v) is 1.73. The molecule has 0 aliphatic rings. The molecule has 0 saturated heterocycles. The molecule has 1 amide bonds. The highest BCUT2D eigenvalue weighted by atomic mass is 35.5. The minimum Gasteiger partial charge on any atom is -0.337 e. The molecule has 1 unspecified atom stereocenters. The van der Waals surface area contributed by atoms with Crippen molar-refractivity contribution >= 4 is 28.8 Å². The summed E-state index contributed by atoms with van der Waals surface area (Å²) < 4.78 is 0.297. The lowest BCUT2D eigenvalue weighted by Gasteiger charge is -2.22. The summed E-state index contributed by atoms with van der Waals surface area (Å²) in [5.41, 5.74) is 0. The molecule has 78 valence electrons. The minimum absolute atomic E-state index is 0.122. The van der Waals surface area contributed by atoms with Crippen molar-refractivity contribution in [3.63, 3.8) is 0 Å². The zero-order chi connectivity index (χ0) is 10.7. The maximum Gasteiger partial charge on any atom is 0.284 e. The highest BCUT2D eigenvalue weighted by molar-refractivity contribution is 7.17. The Morgan fingerprint density at radius 3 is 2.71 bits per heavy atom. The van der Waals surface area contributed by atoms with Crippen LogP contribution in [0.5, 0.6) is 0 Å². The Bertz CT molecular complexity index is 328. The van der Waals surface area contributed by atoms with Crippen LogP contribution in [0.3, 0.4) is 0 Å². The van der Waals surface area contributed by atoms with Crippen molar-refractivity contribution < 1.29 is 4.79 Å². The van der Waals surface area contributed by atoms with Crippen LogP contribution >= 0.6 is 22.9 Å². The summed E-state index contributed by atoms with van der Waals surface area (Å²) in [5.74, 6) is -0.122. The van der Waals surface area contributed by atoms with Crippen LogP contribution in [-0.2, 0) is 0 Å². The molecule has 0 radical (unpaired) electrons. The third kappa shape index (κ3) is 2.42. The highest BCUT2D eigenvalue weighted by Gasteiger charge is 2.19. The lowest BCUT2D eigenvalue weighted by atomic mass is 10.2. The first kappa shape index (κ1) is 11.4. The van der Waals surface area contributed by atoms with Gasteiger partial charge in [0.25, 0.3) is 5.91 Å². The molecular weight excluding hydrogens is 222 g/mol. The number of amides is 1. The molecule has 0 N–H and O–H groups in total. The van der Waals surface area contributed by atoms with Gasteiger partial charge in [0.2, 0.25) is 9.47 Å². The molecule has 1 aromatic heterocycles. The first-order valence-corrected chi connectivity index (χ1v) is 5.51. The van der Waals surface area contributed by atoms with E-state index < -0.39 is 0 Å². The van der Waals surface area contributed by atoms with Gasteiger partial charge in [-0.05, 0) is 24.9 Å². The molecule has 0 bridgehead atoms. The predicted octanol–water partition coefficient (Wildman–Crippen LogP) is 2.06. The molecule has 0 aliphatic carbocycles. The fourth-order valence-electron chi connectivity index (χ4n) is 0.917. The van der Waals surface area contributed by atoms with Gasteiger partial charge in [0, 0.05) is 13.1 Å². The van der Waals surface area contributed by atoms with Crippen LogP contribution in [0.25, 0.3) is 0 Å². The minimum atomic E-state index is -0.122. The van der Waals surface area contributed by atoms with Gasteiger partial charge in [-0.25, -0.2) is 0 Å². The Morgan fingerprint density at radius 1 is 1.64 bits per heavy atom. The van der Waals surface area contributed by atoms with Crippen LogP contribution in [0.4, 0.5) is 0 Å². The van der Waals surface area contributed by atoms with Gasteiger partial charge in [0.05, 0.1) is 0 Å². The zero-order valence-corrected chi connectivity index (χ0v) is 9.89. The second-order valence-corrected chi connectivity index (χ2v) is 4.59. The molecule has 1 atom stereocenters. The molecule has 0 saturated carbocycles. The molecule has 1 rings (SSSR count). The van der Waals surface area contributed by atoms with E-state index >= 15 is 0 Å². The summed E-state index contributed by atoms with van der Waals surface area (Å²) >= 11 is 6.70. The van der Waals surface area contributed by atoms with Gasteiger partial charge < -0.3 is 4.90 Å². The van der Waals surface area contributed by atoms with Gasteiger partial charge >= 0.3 is 0 Å². The molecule has 6 heteroatoms. The van der Waals surface area contributed by atoms with Crippen molar-refractivity contribution in [3.8, 4) is 0 Å². The average Bonchev–Trinajstić information content (AvgIpc) is 2.61. The topological polar surface area (TPSA) is 46.1 Å². The lowest BCUT2D eigenvalue weighted by molar-refractivity contribution is 0.0739. The molecule has 1 heterocycles. The summed E-state index contributed by atoms with van der Waals surface area (Å²) in [4.78, 5) is 13.4. The van der Waals surface area contributed by atoms with Crippen molar-refractivity contribution in [2.75, 3.05) is 7.05 Å². The van der Waals surface area contributed by atoms with Crippen LogP contribution in [-0.4, -0.2) is 34.1 Å². The largest absolute Gasteiger partial charge is 0.337 e. The van der Waals surface area contributed by atoms with Crippen LogP contribution < -0.4 is 0 Å². The second-order valence-electron chi connectivity index (χ2n) is 3.03. The number of halogens is 1. The Balaban J connectivity index is 2.75. The van der Waals surface area contributed by atoms with E-state index in [2.05, 4.69) is 10.2 Å². The molecule has 1 aromatic rings. The third-order valence-corrected chi connectivity index (χ3v) is 3.16. The van der Waals surface area contributed by atoms with Gasteiger partial charge in [0.15, 0.2) is 0 Å². The van der Waals surface area contributed by atoms with Gasteiger partial charge in [-0.15, -0.1) is 10.2 Å². The zero-order valence-electron chi connectivity index (χ0n) is 8.32. The van der Waals surface area contributed by atoms with E-state index in [1.807, 2.05) is 13.8 Å². The van der Waals surface area contributed by atoms with Gasteiger partial charge in [0.1, 0.15) is 0 Å². The molecule has 0 fully saturated rings. The molecule has 0 spiro atoms. The number of hydrogen-bond donors (Lipinski definition) is 0. The average molecular weight is 234 g/mol. The van der Waals surface area contributed by atoms with Crippen LogP contribution in [0.1, 0.15) is 30.1 Å². The van der Waals surface area contributed by atoms with Crippen molar-refractivity contribution in [3.05, 3.63) is 9.47 Å². The summed E-state index contributed by atoms with van der Waals surface area (Å²) in [6, 6.07) is 0.199. The Morgan fingerprint density at radius 2 is 2.29 bits per heavy atom. The number of aromatic nitrogens is 2. The maximum absolute atomic E-state index is 11.7. The van der Waals surface area contributed by atoms with Crippen LogP contribution in [0.2, 0.25) is 4.47 Å². The summed E-state index contributed by atoms with van der Waals surface area (Å²) in [7, 11) is 1.76. The quantitative estimate of drug-likeness (QED) is 0.803. The van der Waals surface area contributed by atoms with E-state index in [-0.39, 0.29) is 11.9 Å². The molecule has 4 nitrogen and oxygen atoms in total. The third-order valence-electron chi connectivity index (χ3n) is 2.16. The highest BCUT2D eigenvalue weighted by Crippen LogP contribution is 2.17.